The number of aromatic nitrogens is 2. The van der Waals surface area contributed by atoms with Crippen molar-refractivity contribution in [1.29, 1.82) is 0 Å². The molecular formula is C15H18BrN3OS. The van der Waals surface area contributed by atoms with E-state index in [2.05, 4.69) is 45.4 Å². The highest BCUT2D eigenvalue weighted by atomic mass is 79.9. The maximum atomic E-state index is 12.2. The summed E-state index contributed by atoms with van der Waals surface area (Å²) in [5, 5.41) is 7.56. The van der Waals surface area contributed by atoms with Crippen molar-refractivity contribution in [3.8, 4) is 0 Å². The molecule has 0 bridgehead atoms. The van der Waals surface area contributed by atoms with Crippen molar-refractivity contribution >= 4 is 33.0 Å². The van der Waals surface area contributed by atoms with Crippen LogP contribution in [-0.4, -0.2) is 9.78 Å². The van der Waals surface area contributed by atoms with E-state index in [-0.39, 0.29) is 5.56 Å². The molecule has 3 rings (SSSR count). The molecule has 0 spiro atoms. The highest BCUT2D eigenvalue weighted by Crippen LogP contribution is 2.30. The van der Waals surface area contributed by atoms with Crippen molar-refractivity contribution in [2.45, 2.75) is 39.3 Å². The Balaban J connectivity index is 1.70. The zero-order valence-corrected chi connectivity index (χ0v) is 14.3. The second-order valence-electron chi connectivity index (χ2n) is 5.38. The molecule has 1 fully saturated rings. The van der Waals surface area contributed by atoms with Crippen LogP contribution in [0.3, 0.4) is 0 Å². The van der Waals surface area contributed by atoms with Crippen molar-refractivity contribution in [3.63, 3.8) is 0 Å². The van der Waals surface area contributed by atoms with Crippen molar-refractivity contribution in [2.24, 2.45) is 5.92 Å². The fraction of sp³-hybridized carbons (Fsp3) is 0.467. The van der Waals surface area contributed by atoms with Gasteiger partial charge in [-0.1, -0.05) is 6.92 Å². The fourth-order valence-electron chi connectivity index (χ4n) is 2.15. The molecule has 0 aromatic carbocycles. The summed E-state index contributed by atoms with van der Waals surface area (Å²) in [5.74, 6) is 0.638. The van der Waals surface area contributed by atoms with Gasteiger partial charge in [-0.3, -0.25) is 4.79 Å². The van der Waals surface area contributed by atoms with Gasteiger partial charge >= 0.3 is 0 Å². The van der Waals surface area contributed by atoms with Gasteiger partial charge in [-0.25, -0.2) is 4.68 Å². The number of hydrogen-bond acceptors (Lipinski definition) is 4. The van der Waals surface area contributed by atoms with Crippen LogP contribution < -0.4 is 10.9 Å². The number of nitrogens with zero attached hydrogens (tertiary/aromatic N) is 2. The Labute approximate surface area is 136 Å². The summed E-state index contributed by atoms with van der Waals surface area (Å²) in [6.07, 6.45) is 5.23. The molecule has 0 saturated heterocycles. The molecule has 21 heavy (non-hydrogen) atoms. The highest BCUT2D eigenvalue weighted by molar-refractivity contribution is 9.10. The highest BCUT2D eigenvalue weighted by Gasteiger charge is 2.23. The molecule has 1 aliphatic rings. The molecule has 1 aliphatic carbocycles. The monoisotopic (exact) mass is 367 g/mol. The number of aryl methyl sites for hydroxylation is 1. The van der Waals surface area contributed by atoms with Crippen LogP contribution in [0, 0.1) is 5.92 Å². The zero-order chi connectivity index (χ0) is 14.8. The van der Waals surface area contributed by atoms with Crippen molar-refractivity contribution < 1.29 is 0 Å². The summed E-state index contributed by atoms with van der Waals surface area (Å²) in [6, 6.07) is 4.29. The molecule has 2 aromatic rings. The molecule has 0 amide bonds. The van der Waals surface area contributed by atoms with Crippen LogP contribution >= 0.6 is 27.3 Å². The van der Waals surface area contributed by atoms with Gasteiger partial charge in [0.15, 0.2) is 0 Å². The third kappa shape index (κ3) is 3.55. The summed E-state index contributed by atoms with van der Waals surface area (Å²) in [6.45, 7) is 3.61. The van der Waals surface area contributed by atoms with E-state index in [1.165, 1.54) is 22.6 Å². The van der Waals surface area contributed by atoms with E-state index in [1.54, 1.807) is 22.2 Å². The predicted molar refractivity (Wildman–Crippen MR) is 89.9 cm³/mol. The third-order valence-corrected chi connectivity index (χ3v) is 5.63. The fourth-order valence-corrected chi connectivity index (χ4v) is 3.50. The molecule has 4 nitrogen and oxygen atoms in total. The van der Waals surface area contributed by atoms with Crippen molar-refractivity contribution in [3.05, 3.63) is 42.9 Å². The summed E-state index contributed by atoms with van der Waals surface area (Å²) in [7, 11) is 0. The number of hydrogen-bond donors (Lipinski definition) is 1. The smallest absolute Gasteiger partial charge is 0.283 e. The lowest BCUT2D eigenvalue weighted by Gasteiger charge is -2.09. The molecule has 0 unspecified atom stereocenters. The topological polar surface area (TPSA) is 46.9 Å². The first-order chi connectivity index (χ1) is 10.2. The number of rotatable bonds is 6. The van der Waals surface area contributed by atoms with Gasteiger partial charge in [0.25, 0.3) is 5.56 Å². The average Bonchev–Trinajstić information content (AvgIpc) is 3.18. The van der Waals surface area contributed by atoms with Gasteiger partial charge in [-0.05, 0) is 53.2 Å². The van der Waals surface area contributed by atoms with Gasteiger partial charge in [0.05, 0.1) is 11.9 Å². The number of thiophene rings is 1. The maximum absolute atomic E-state index is 12.2. The van der Waals surface area contributed by atoms with Crippen molar-refractivity contribution in [1.82, 2.24) is 9.78 Å². The van der Waals surface area contributed by atoms with Gasteiger partial charge in [0.1, 0.15) is 4.47 Å². The molecule has 112 valence electrons. The van der Waals surface area contributed by atoms with E-state index in [0.717, 1.165) is 25.2 Å². The largest absolute Gasteiger partial charge is 0.378 e. The second-order valence-corrected chi connectivity index (χ2v) is 7.42. The van der Waals surface area contributed by atoms with Gasteiger partial charge in [-0.2, -0.15) is 5.10 Å². The van der Waals surface area contributed by atoms with Gasteiger partial charge in [-0.15, -0.1) is 11.3 Å². The summed E-state index contributed by atoms with van der Waals surface area (Å²) >= 11 is 5.20. The van der Waals surface area contributed by atoms with E-state index in [4.69, 9.17) is 0 Å². The average molecular weight is 368 g/mol. The first-order valence-corrected chi connectivity index (χ1v) is 8.85. The second kappa shape index (κ2) is 6.32. The first-order valence-electron chi connectivity index (χ1n) is 7.24. The van der Waals surface area contributed by atoms with Crippen LogP contribution in [0.4, 0.5) is 5.69 Å². The van der Waals surface area contributed by atoms with Crippen LogP contribution in [0.1, 0.15) is 29.5 Å². The Morgan fingerprint density at radius 1 is 1.43 bits per heavy atom. The first kappa shape index (κ1) is 14.8. The van der Waals surface area contributed by atoms with Crippen LogP contribution in [0.25, 0.3) is 0 Å². The molecule has 1 saturated carbocycles. The minimum Gasteiger partial charge on any atom is -0.378 e. The molecule has 0 aliphatic heterocycles. The van der Waals surface area contributed by atoms with Gasteiger partial charge < -0.3 is 5.32 Å². The van der Waals surface area contributed by atoms with Crippen LogP contribution in [0.5, 0.6) is 0 Å². The molecule has 1 N–H and O–H groups in total. The minimum atomic E-state index is -0.0488. The quantitative estimate of drug-likeness (QED) is 0.847. The number of nitrogens with one attached hydrogen (secondary N) is 1. The Hall–Kier alpha value is -1.14. The summed E-state index contributed by atoms with van der Waals surface area (Å²) in [4.78, 5) is 14.9. The van der Waals surface area contributed by atoms with Gasteiger partial charge in [0, 0.05) is 22.8 Å². The van der Waals surface area contributed by atoms with E-state index >= 15 is 0 Å². The zero-order valence-electron chi connectivity index (χ0n) is 11.9. The van der Waals surface area contributed by atoms with E-state index < -0.39 is 0 Å². The predicted octanol–water partition coefficient (Wildman–Crippen LogP) is 3.65. The van der Waals surface area contributed by atoms with Crippen molar-refractivity contribution in [2.75, 3.05) is 5.32 Å². The normalized spacial score (nSPS) is 14.4. The lowest BCUT2D eigenvalue weighted by Crippen LogP contribution is -2.25. The molecule has 6 heteroatoms. The van der Waals surface area contributed by atoms with E-state index in [1.807, 2.05) is 0 Å². The van der Waals surface area contributed by atoms with E-state index in [9.17, 15) is 4.79 Å². The van der Waals surface area contributed by atoms with Crippen LogP contribution in [0.15, 0.2) is 27.6 Å². The molecule has 2 aromatic heterocycles. The summed E-state index contributed by atoms with van der Waals surface area (Å²) < 4.78 is 2.14. The Morgan fingerprint density at radius 2 is 2.19 bits per heavy atom. The number of halogens is 1. The van der Waals surface area contributed by atoms with E-state index in [0.29, 0.717) is 10.4 Å². The lowest BCUT2D eigenvalue weighted by molar-refractivity contribution is 0.532. The SMILES string of the molecule is CCc1ccc(CNc2cnn(CC3CC3)c(=O)c2Br)s1. The molecular weight excluding hydrogens is 350 g/mol. The van der Waals surface area contributed by atoms with Gasteiger partial charge in [0.2, 0.25) is 0 Å². The number of anilines is 1. The Bertz CT molecular complexity index is 690. The standard InChI is InChI=1S/C15H18BrN3OS/c1-2-11-5-6-12(21-11)7-17-13-8-18-19(9-10-3-4-10)15(20)14(13)16/h5-6,8,10,17H,2-4,7,9H2,1H3. The Morgan fingerprint density at radius 3 is 2.86 bits per heavy atom. The molecule has 0 atom stereocenters. The molecule has 2 heterocycles. The third-order valence-electron chi connectivity index (χ3n) is 3.63. The summed E-state index contributed by atoms with van der Waals surface area (Å²) in [5.41, 5.74) is 0.714. The van der Waals surface area contributed by atoms with Crippen LogP contribution in [0.2, 0.25) is 0 Å². The lowest BCUT2D eigenvalue weighted by atomic mass is 10.3. The minimum absolute atomic E-state index is 0.0488. The molecule has 0 radical (unpaired) electrons. The Kier molecular flexibility index (Phi) is 4.45. The van der Waals surface area contributed by atoms with Crippen LogP contribution in [-0.2, 0) is 19.5 Å². The maximum Gasteiger partial charge on any atom is 0.283 e.